The molecular formula is C11H18BO16P3S. The van der Waals surface area contributed by atoms with Crippen LogP contribution in [0.2, 0.25) is 0 Å². The first-order valence-corrected chi connectivity index (χ1v) is 14.1. The molecule has 0 aromatic heterocycles. The number of phosphoric acid groups is 3. The average molecular weight is 542 g/mol. The zero-order valence-corrected chi connectivity index (χ0v) is 19.4. The molecule has 1 saturated carbocycles. The topological polar surface area (TPSA) is 245 Å². The summed E-state index contributed by atoms with van der Waals surface area (Å²) in [6, 6.07) is -1.49. The van der Waals surface area contributed by atoms with Crippen LogP contribution >= 0.6 is 35.2 Å². The second kappa shape index (κ2) is 10.1. The van der Waals surface area contributed by atoms with Crippen molar-refractivity contribution in [2.75, 3.05) is 25.2 Å². The van der Waals surface area contributed by atoms with Gasteiger partial charge in [-0.3, -0.25) is 13.8 Å². The van der Waals surface area contributed by atoms with Gasteiger partial charge in [0.15, 0.2) is 23.7 Å². The molecule has 182 valence electrons. The fraction of sp³-hybridized carbons (Fsp3) is 0.727. The molecule has 0 aromatic carbocycles. The van der Waals surface area contributed by atoms with Crippen LogP contribution in [0.1, 0.15) is 0 Å². The van der Waals surface area contributed by atoms with Crippen LogP contribution in [0.5, 0.6) is 0 Å². The summed E-state index contributed by atoms with van der Waals surface area (Å²) in [7, 11) is -10.2. The van der Waals surface area contributed by atoms with Crippen LogP contribution in [-0.4, -0.2) is 92.6 Å². The second-order valence-corrected chi connectivity index (χ2v) is 11.2. The molecule has 21 heteroatoms. The normalized spacial score (nSPS) is 31.8. The standard InChI is InChI=1S/C11H18BO16P3S/c1-32-3-2-24-30(19,20)26-7-6(13)5(25-10(7)12)4-23-9-8(14)11(9,15)27-31(21,22)28-29(16,17)18/h7,9-10,13,15H,2-4H2,1H3,(H,19,20)(H,21,22)(H2,16,17,18)/t7?,9?,10-,11?/m1/s1. The summed E-state index contributed by atoms with van der Waals surface area (Å²) in [6.45, 7) is -0.944. The van der Waals surface area contributed by atoms with Crippen molar-refractivity contribution in [2.45, 2.75) is 24.0 Å². The molecule has 1 heterocycles. The zero-order chi connectivity index (χ0) is 24.5. The van der Waals surface area contributed by atoms with Crippen LogP contribution in [0.15, 0.2) is 11.5 Å². The Bertz CT molecular complexity index is 906. The zero-order valence-electron chi connectivity index (χ0n) is 15.9. The van der Waals surface area contributed by atoms with Crippen molar-refractivity contribution in [2.24, 2.45) is 0 Å². The lowest BCUT2D eigenvalue weighted by molar-refractivity contribution is -0.133. The number of Topliss-reactive ketones (excluding diaryl/α,β-unsaturated/α-hetero) is 1. The molecule has 1 aliphatic carbocycles. The minimum absolute atomic E-state index is 0.138. The van der Waals surface area contributed by atoms with E-state index in [1.807, 2.05) is 0 Å². The highest BCUT2D eigenvalue weighted by atomic mass is 32.2. The molecule has 1 fully saturated rings. The van der Waals surface area contributed by atoms with E-state index >= 15 is 0 Å². The smallest absolute Gasteiger partial charge is 0.484 e. The molecule has 16 nitrogen and oxygen atoms in total. The number of hydrogen-bond donors (Lipinski definition) is 6. The van der Waals surface area contributed by atoms with E-state index < -0.39 is 71.4 Å². The molecule has 2 radical (unpaired) electrons. The highest BCUT2D eigenvalue weighted by molar-refractivity contribution is 7.98. The first-order valence-electron chi connectivity index (χ1n) is 8.19. The van der Waals surface area contributed by atoms with Gasteiger partial charge in [0, 0.05) is 5.75 Å². The van der Waals surface area contributed by atoms with Gasteiger partial charge in [-0.15, -0.1) is 0 Å². The van der Waals surface area contributed by atoms with Crippen LogP contribution in [0.4, 0.5) is 0 Å². The van der Waals surface area contributed by atoms with Crippen LogP contribution in [0.25, 0.3) is 0 Å². The van der Waals surface area contributed by atoms with Gasteiger partial charge in [0.05, 0.1) is 12.6 Å². The Balaban J connectivity index is 1.97. The van der Waals surface area contributed by atoms with Gasteiger partial charge < -0.3 is 39.3 Å². The molecule has 2 rings (SSSR count). The summed E-state index contributed by atoms with van der Waals surface area (Å²) in [5.74, 6) is -5.30. The van der Waals surface area contributed by atoms with Gasteiger partial charge in [0.1, 0.15) is 14.5 Å². The molecule has 0 spiro atoms. The summed E-state index contributed by atoms with van der Waals surface area (Å²) >= 11 is 1.33. The van der Waals surface area contributed by atoms with Gasteiger partial charge >= 0.3 is 23.5 Å². The Morgan fingerprint density at radius 1 is 1.19 bits per heavy atom. The molecule has 2 aliphatic rings. The fourth-order valence-corrected chi connectivity index (χ4v) is 5.26. The highest BCUT2D eigenvalue weighted by Gasteiger charge is 2.71. The van der Waals surface area contributed by atoms with Crippen molar-refractivity contribution in [1.82, 2.24) is 0 Å². The van der Waals surface area contributed by atoms with Crippen molar-refractivity contribution < 1.29 is 75.6 Å². The Morgan fingerprint density at radius 3 is 2.38 bits per heavy atom. The number of carbonyl (C=O) groups excluding carboxylic acids is 1. The minimum atomic E-state index is -5.58. The molecule has 6 N–H and O–H groups in total. The molecule has 0 aromatic rings. The van der Waals surface area contributed by atoms with Crippen molar-refractivity contribution in [3.05, 3.63) is 11.5 Å². The van der Waals surface area contributed by atoms with Crippen LogP contribution in [0.3, 0.4) is 0 Å². The quantitative estimate of drug-likeness (QED) is 0.0709. The van der Waals surface area contributed by atoms with E-state index in [4.69, 9.17) is 31.6 Å². The second-order valence-electron chi connectivity index (χ2n) is 6.10. The van der Waals surface area contributed by atoms with E-state index in [2.05, 4.69) is 13.4 Å². The predicted octanol–water partition coefficient (Wildman–Crippen LogP) is -0.971. The van der Waals surface area contributed by atoms with Crippen molar-refractivity contribution in [3.63, 3.8) is 0 Å². The van der Waals surface area contributed by atoms with Gasteiger partial charge in [-0.2, -0.15) is 16.1 Å². The predicted molar refractivity (Wildman–Crippen MR) is 103 cm³/mol. The SMILES string of the molecule is [B][C@@H]1OC(COC2C(=O)C2(O)OP(=O)(O)OP(=O)(O)O)=C(O)C1OP(=O)(O)OCCSC. The third-order valence-corrected chi connectivity index (χ3v) is 7.39. The number of rotatable bonds is 13. The van der Waals surface area contributed by atoms with Gasteiger partial charge in [-0.1, -0.05) is 0 Å². The van der Waals surface area contributed by atoms with E-state index in [9.17, 15) is 38.5 Å². The Labute approximate surface area is 185 Å². The van der Waals surface area contributed by atoms with Gasteiger partial charge in [0.2, 0.25) is 5.78 Å². The number of phosphoric ester groups is 2. The van der Waals surface area contributed by atoms with Gasteiger partial charge in [0.25, 0.3) is 5.79 Å². The Hall–Kier alpha value is -0.285. The Kier molecular flexibility index (Phi) is 8.86. The van der Waals surface area contributed by atoms with Gasteiger partial charge in [-0.25, -0.2) is 18.2 Å². The average Bonchev–Trinajstić information content (AvgIpc) is 2.98. The summed E-state index contributed by atoms with van der Waals surface area (Å²) in [6.07, 6.45) is -1.87. The van der Waals surface area contributed by atoms with Crippen LogP contribution < -0.4 is 0 Å². The monoisotopic (exact) mass is 542 g/mol. The van der Waals surface area contributed by atoms with E-state index in [1.165, 1.54) is 11.8 Å². The number of ether oxygens (including phenoxy) is 2. The Morgan fingerprint density at radius 2 is 1.81 bits per heavy atom. The lowest BCUT2D eigenvalue weighted by Crippen LogP contribution is -2.27. The lowest BCUT2D eigenvalue weighted by atomic mass is 9.95. The maximum absolute atomic E-state index is 11.9. The molecule has 5 unspecified atom stereocenters. The number of ketones is 1. The molecule has 0 bridgehead atoms. The summed E-state index contributed by atoms with van der Waals surface area (Å²) in [5.41, 5.74) is 0. The number of aliphatic hydroxyl groups excluding tert-OH is 1. The highest BCUT2D eigenvalue weighted by Crippen LogP contribution is 2.61. The lowest BCUT2D eigenvalue weighted by Gasteiger charge is -2.19. The number of carbonyl (C=O) groups is 1. The minimum Gasteiger partial charge on any atom is -0.506 e. The van der Waals surface area contributed by atoms with Crippen molar-refractivity contribution >= 4 is 48.9 Å². The van der Waals surface area contributed by atoms with Crippen LogP contribution in [-0.2, 0) is 45.8 Å². The van der Waals surface area contributed by atoms with E-state index in [0.717, 1.165) is 0 Å². The van der Waals surface area contributed by atoms with Crippen LogP contribution in [0, 0.1) is 0 Å². The number of aliphatic hydroxyl groups is 2. The third kappa shape index (κ3) is 7.36. The maximum atomic E-state index is 11.9. The number of hydrogen-bond acceptors (Lipinski definition) is 13. The molecule has 0 amide bonds. The molecule has 32 heavy (non-hydrogen) atoms. The van der Waals surface area contributed by atoms with E-state index in [1.54, 1.807) is 6.26 Å². The maximum Gasteiger partial charge on any atom is 0.484 e. The fourth-order valence-electron chi connectivity index (χ4n) is 2.25. The molecule has 1 aliphatic heterocycles. The van der Waals surface area contributed by atoms with Crippen molar-refractivity contribution in [1.29, 1.82) is 0 Å². The van der Waals surface area contributed by atoms with Gasteiger partial charge in [-0.05, 0) is 6.26 Å². The first-order chi connectivity index (χ1) is 14.5. The third-order valence-electron chi connectivity index (χ3n) is 3.63. The largest absolute Gasteiger partial charge is 0.506 e. The number of thioether (sulfide) groups is 1. The molecule has 0 saturated heterocycles. The molecule has 6 atom stereocenters. The first kappa shape index (κ1) is 28.0. The van der Waals surface area contributed by atoms with Crippen molar-refractivity contribution in [3.8, 4) is 0 Å². The summed E-state index contributed by atoms with van der Waals surface area (Å²) in [5, 5.41) is 20.0. The van der Waals surface area contributed by atoms with E-state index in [0.29, 0.717) is 5.75 Å². The summed E-state index contributed by atoms with van der Waals surface area (Å²) < 4.78 is 60.8. The summed E-state index contributed by atoms with van der Waals surface area (Å²) in [4.78, 5) is 47.6. The molecular weight excluding hydrogens is 524 g/mol. The van der Waals surface area contributed by atoms with E-state index in [-0.39, 0.29) is 6.61 Å².